The van der Waals surface area contributed by atoms with Gasteiger partial charge >= 0.3 is 0 Å². The maximum atomic E-state index is 13.7. The lowest BCUT2D eigenvalue weighted by Crippen LogP contribution is -2.05. The molecule has 0 atom stereocenters. The Balaban J connectivity index is 1.83. The van der Waals surface area contributed by atoms with Crippen molar-refractivity contribution in [2.75, 3.05) is 12.9 Å². The monoisotopic (exact) mass is 341 g/mol. The standard InChI is InChI=1S/C19H16FNO2S/c1-12-9-13-7-8-14(23-2)10-17(13)21-19(12)24-11-18(22)15-5-3-4-6-16(15)20/h3-10H,11H2,1-2H3. The smallest absolute Gasteiger partial charge is 0.176 e. The van der Waals surface area contributed by atoms with Gasteiger partial charge in [0.2, 0.25) is 0 Å². The number of nitrogens with zero attached hydrogens (tertiary/aromatic N) is 1. The van der Waals surface area contributed by atoms with E-state index in [9.17, 15) is 9.18 Å². The molecule has 3 aromatic rings. The number of carbonyl (C=O) groups excluding carboxylic acids is 1. The molecule has 3 rings (SSSR count). The molecule has 0 saturated carbocycles. The summed E-state index contributed by atoms with van der Waals surface area (Å²) in [6.45, 7) is 1.95. The SMILES string of the molecule is COc1ccc2cc(C)c(SCC(=O)c3ccccc3F)nc2c1. The zero-order valence-corrected chi connectivity index (χ0v) is 14.2. The van der Waals surface area contributed by atoms with Gasteiger partial charge in [0.05, 0.1) is 23.9 Å². The summed E-state index contributed by atoms with van der Waals surface area (Å²) in [5.74, 6) is 0.142. The fourth-order valence-electron chi connectivity index (χ4n) is 2.41. The summed E-state index contributed by atoms with van der Waals surface area (Å²) in [7, 11) is 1.61. The fourth-order valence-corrected chi connectivity index (χ4v) is 3.28. The van der Waals surface area contributed by atoms with Crippen molar-refractivity contribution in [1.29, 1.82) is 0 Å². The van der Waals surface area contributed by atoms with Crippen LogP contribution < -0.4 is 4.74 Å². The van der Waals surface area contributed by atoms with E-state index < -0.39 is 5.82 Å². The Morgan fingerprint density at radius 2 is 2.00 bits per heavy atom. The van der Waals surface area contributed by atoms with Crippen LogP contribution in [0.2, 0.25) is 0 Å². The molecule has 3 nitrogen and oxygen atoms in total. The van der Waals surface area contributed by atoms with Crippen LogP contribution in [0.4, 0.5) is 4.39 Å². The van der Waals surface area contributed by atoms with E-state index in [2.05, 4.69) is 4.98 Å². The van der Waals surface area contributed by atoms with Crippen LogP contribution >= 0.6 is 11.8 Å². The number of ketones is 1. The highest BCUT2D eigenvalue weighted by atomic mass is 32.2. The van der Waals surface area contributed by atoms with Crippen LogP contribution in [0.3, 0.4) is 0 Å². The number of methoxy groups -OCH3 is 1. The van der Waals surface area contributed by atoms with Gasteiger partial charge < -0.3 is 4.74 Å². The number of aromatic nitrogens is 1. The van der Waals surface area contributed by atoms with Crippen molar-refractivity contribution in [1.82, 2.24) is 4.98 Å². The van der Waals surface area contributed by atoms with E-state index in [1.807, 2.05) is 31.2 Å². The summed E-state index contributed by atoms with van der Waals surface area (Å²) in [6.07, 6.45) is 0. The first-order chi connectivity index (χ1) is 11.6. The Hall–Kier alpha value is -2.40. The molecule has 24 heavy (non-hydrogen) atoms. The fraction of sp³-hybridized carbons (Fsp3) is 0.158. The number of carbonyl (C=O) groups is 1. The number of thioether (sulfide) groups is 1. The largest absolute Gasteiger partial charge is 0.497 e. The molecule has 2 aromatic carbocycles. The van der Waals surface area contributed by atoms with E-state index in [4.69, 9.17) is 4.74 Å². The van der Waals surface area contributed by atoms with Gasteiger partial charge in [0.1, 0.15) is 16.6 Å². The number of benzene rings is 2. The highest BCUT2D eigenvalue weighted by molar-refractivity contribution is 8.00. The van der Waals surface area contributed by atoms with Crippen molar-refractivity contribution < 1.29 is 13.9 Å². The van der Waals surface area contributed by atoms with Crippen LogP contribution in [0.15, 0.2) is 53.6 Å². The van der Waals surface area contributed by atoms with Gasteiger partial charge in [-0.3, -0.25) is 4.79 Å². The molecule has 0 N–H and O–H groups in total. The zero-order chi connectivity index (χ0) is 17.1. The summed E-state index contributed by atoms with van der Waals surface area (Å²) in [6, 6.07) is 13.8. The minimum atomic E-state index is -0.490. The van der Waals surface area contributed by atoms with Gasteiger partial charge in [0.25, 0.3) is 0 Å². The molecule has 0 aliphatic heterocycles. The van der Waals surface area contributed by atoms with Gasteiger partial charge in [-0.1, -0.05) is 23.9 Å². The molecule has 0 radical (unpaired) electrons. The van der Waals surface area contributed by atoms with Gasteiger partial charge in [-0.25, -0.2) is 9.37 Å². The molecule has 0 saturated heterocycles. The van der Waals surface area contributed by atoms with Gasteiger partial charge in [0, 0.05) is 11.5 Å². The maximum absolute atomic E-state index is 13.7. The molecule has 0 spiro atoms. The Kier molecular flexibility index (Phi) is 4.81. The van der Waals surface area contributed by atoms with Gasteiger partial charge in [-0.15, -0.1) is 0 Å². The molecule has 0 amide bonds. The molecule has 0 aliphatic carbocycles. The summed E-state index contributed by atoms with van der Waals surface area (Å²) in [5, 5.41) is 1.78. The average Bonchev–Trinajstić information content (AvgIpc) is 2.59. The van der Waals surface area contributed by atoms with Crippen LogP contribution in [-0.2, 0) is 0 Å². The number of hydrogen-bond donors (Lipinski definition) is 0. The van der Waals surface area contributed by atoms with Crippen molar-refractivity contribution >= 4 is 28.4 Å². The molecule has 0 aliphatic rings. The third-order valence-electron chi connectivity index (χ3n) is 3.68. The molecule has 0 bridgehead atoms. The van der Waals surface area contributed by atoms with E-state index in [-0.39, 0.29) is 17.1 Å². The lowest BCUT2D eigenvalue weighted by Gasteiger charge is -2.08. The highest BCUT2D eigenvalue weighted by Crippen LogP contribution is 2.27. The first-order valence-electron chi connectivity index (χ1n) is 7.44. The van der Waals surface area contributed by atoms with Crippen molar-refractivity contribution in [3.05, 3.63) is 65.5 Å². The second kappa shape index (κ2) is 7.01. The predicted octanol–water partition coefficient (Wildman–Crippen LogP) is 4.67. The predicted molar refractivity (Wildman–Crippen MR) is 94.5 cm³/mol. The molecule has 0 unspecified atom stereocenters. The van der Waals surface area contributed by atoms with E-state index >= 15 is 0 Å². The molecule has 1 heterocycles. The second-order valence-corrected chi connectivity index (χ2v) is 6.32. The summed E-state index contributed by atoms with van der Waals surface area (Å²) < 4.78 is 18.9. The van der Waals surface area contributed by atoms with Crippen LogP contribution in [0.5, 0.6) is 5.75 Å². The summed E-state index contributed by atoms with van der Waals surface area (Å²) in [4.78, 5) is 16.8. The van der Waals surface area contributed by atoms with Crippen LogP contribution in [0, 0.1) is 12.7 Å². The Morgan fingerprint density at radius 3 is 2.75 bits per heavy atom. The third-order valence-corrected chi connectivity index (χ3v) is 4.78. The molecule has 1 aromatic heterocycles. The second-order valence-electron chi connectivity index (χ2n) is 5.36. The number of halogens is 1. The molecular formula is C19H16FNO2S. The quantitative estimate of drug-likeness (QED) is 0.499. The van der Waals surface area contributed by atoms with Crippen LogP contribution in [0.25, 0.3) is 10.9 Å². The van der Waals surface area contributed by atoms with Gasteiger partial charge in [0.15, 0.2) is 5.78 Å². The third kappa shape index (κ3) is 3.41. The molecule has 0 fully saturated rings. The Morgan fingerprint density at radius 1 is 1.21 bits per heavy atom. The Bertz CT molecular complexity index is 911. The first-order valence-corrected chi connectivity index (χ1v) is 8.43. The highest BCUT2D eigenvalue weighted by Gasteiger charge is 2.13. The van der Waals surface area contributed by atoms with Crippen molar-refractivity contribution in [2.45, 2.75) is 11.9 Å². The number of hydrogen-bond acceptors (Lipinski definition) is 4. The lowest BCUT2D eigenvalue weighted by molar-refractivity contribution is 0.101. The van der Waals surface area contributed by atoms with Crippen molar-refractivity contribution in [3.8, 4) is 5.75 Å². The maximum Gasteiger partial charge on any atom is 0.176 e. The molecule has 122 valence electrons. The number of rotatable bonds is 5. The number of fused-ring (bicyclic) bond motifs is 1. The minimum Gasteiger partial charge on any atom is -0.497 e. The van der Waals surface area contributed by atoms with Crippen LogP contribution in [-0.4, -0.2) is 23.6 Å². The van der Waals surface area contributed by atoms with Gasteiger partial charge in [-0.05, 0) is 42.8 Å². The number of Topliss-reactive ketones (excluding diaryl/α,β-unsaturated/α-hetero) is 1. The first kappa shape index (κ1) is 16.5. The van der Waals surface area contributed by atoms with E-state index in [0.29, 0.717) is 0 Å². The minimum absolute atomic E-state index is 0.116. The van der Waals surface area contributed by atoms with Crippen molar-refractivity contribution in [3.63, 3.8) is 0 Å². The number of pyridine rings is 1. The topological polar surface area (TPSA) is 39.2 Å². The van der Waals surface area contributed by atoms with E-state index in [1.165, 1.54) is 23.9 Å². The van der Waals surface area contributed by atoms with Crippen LogP contribution in [0.1, 0.15) is 15.9 Å². The van der Waals surface area contributed by atoms with Gasteiger partial charge in [-0.2, -0.15) is 0 Å². The molecular weight excluding hydrogens is 325 g/mol. The number of aryl methyl sites for hydroxylation is 1. The van der Waals surface area contributed by atoms with E-state index in [0.717, 1.165) is 27.2 Å². The Labute approximate surface area is 143 Å². The number of ether oxygens (including phenoxy) is 1. The lowest BCUT2D eigenvalue weighted by atomic mass is 10.1. The summed E-state index contributed by atoms with van der Waals surface area (Å²) >= 11 is 1.32. The normalized spacial score (nSPS) is 10.8. The average molecular weight is 341 g/mol. The van der Waals surface area contributed by atoms with Crippen molar-refractivity contribution in [2.24, 2.45) is 0 Å². The molecule has 5 heteroatoms. The van der Waals surface area contributed by atoms with E-state index in [1.54, 1.807) is 19.2 Å². The zero-order valence-electron chi connectivity index (χ0n) is 13.4. The summed E-state index contributed by atoms with van der Waals surface area (Å²) in [5.41, 5.74) is 1.91.